The maximum absolute atomic E-state index is 13.8. The molecule has 0 aliphatic carbocycles. The summed E-state index contributed by atoms with van der Waals surface area (Å²) in [6.45, 7) is -0.776. The van der Waals surface area contributed by atoms with E-state index in [1.807, 2.05) is 0 Å². The quantitative estimate of drug-likeness (QED) is 0.791. The number of carbonyl (C=O) groups is 2. The lowest BCUT2D eigenvalue weighted by atomic mass is 9.93. The monoisotopic (exact) mass is 345 g/mol. The molecule has 1 N–H and O–H groups in total. The standard InChI is InChI=1S/C15H15F4N3O2/c1-21-5-8(9(6-21)15(17,18)19)14(24)22-7-12(23)20-13-10(16)3-2-4-11(13)22/h2-4,8-9H,5-7H2,1H3,(H,20,23)/t8-,9-/m1/s1. The van der Waals surface area contributed by atoms with Gasteiger partial charge in [-0.2, -0.15) is 13.2 Å². The lowest BCUT2D eigenvalue weighted by molar-refractivity contribution is -0.182. The number of hydrogen-bond donors (Lipinski definition) is 1. The summed E-state index contributed by atoms with van der Waals surface area (Å²) in [5.41, 5.74) is -0.105. The van der Waals surface area contributed by atoms with Crippen molar-refractivity contribution >= 4 is 23.2 Å². The third-order valence-electron chi connectivity index (χ3n) is 4.35. The Kier molecular flexibility index (Phi) is 3.98. The minimum absolute atomic E-state index is 0.0637. The van der Waals surface area contributed by atoms with E-state index < -0.39 is 42.2 Å². The summed E-state index contributed by atoms with van der Waals surface area (Å²) < 4.78 is 53.5. The molecule has 1 aromatic carbocycles. The molecule has 0 bridgehead atoms. The van der Waals surface area contributed by atoms with E-state index in [4.69, 9.17) is 0 Å². The predicted octanol–water partition coefficient (Wildman–Crippen LogP) is 1.85. The average molecular weight is 345 g/mol. The first-order chi connectivity index (χ1) is 11.2. The molecular weight excluding hydrogens is 330 g/mol. The Morgan fingerprint density at radius 2 is 2.00 bits per heavy atom. The zero-order chi connectivity index (χ0) is 17.6. The van der Waals surface area contributed by atoms with Crippen molar-refractivity contribution in [1.82, 2.24) is 4.90 Å². The van der Waals surface area contributed by atoms with Crippen LogP contribution >= 0.6 is 0 Å². The fourth-order valence-electron chi connectivity index (χ4n) is 3.25. The number of rotatable bonds is 1. The Morgan fingerprint density at radius 1 is 1.29 bits per heavy atom. The van der Waals surface area contributed by atoms with Crippen molar-refractivity contribution in [2.24, 2.45) is 11.8 Å². The fraction of sp³-hybridized carbons (Fsp3) is 0.467. The van der Waals surface area contributed by atoms with Crippen LogP contribution in [0, 0.1) is 17.7 Å². The van der Waals surface area contributed by atoms with Crippen molar-refractivity contribution in [3.63, 3.8) is 0 Å². The molecule has 2 atom stereocenters. The molecule has 130 valence electrons. The maximum atomic E-state index is 13.8. The van der Waals surface area contributed by atoms with E-state index in [-0.39, 0.29) is 24.5 Å². The molecule has 2 aliphatic heterocycles. The van der Waals surface area contributed by atoms with Gasteiger partial charge in [-0.15, -0.1) is 0 Å². The van der Waals surface area contributed by atoms with Crippen molar-refractivity contribution in [2.45, 2.75) is 6.18 Å². The zero-order valence-corrected chi connectivity index (χ0v) is 12.7. The number of anilines is 2. The normalized spacial score (nSPS) is 24.7. The average Bonchev–Trinajstić information content (AvgIpc) is 2.89. The van der Waals surface area contributed by atoms with Gasteiger partial charge in [0.25, 0.3) is 0 Å². The molecule has 0 radical (unpaired) electrons. The van der Waals surface area contributed by atoms with Crippen LogP contribution in [0.15, 0.2) is 18.2 Å². The number of amides is 2. The van der Waals surface area contributed by atoms with Gasteiger partial charge in [-0.05, 0) is 19.2 Å². The summed E-state index contributed by atoms with van der Waals surface area (Å²) in [4.78, 5) is 26.8. The number of hydrogen-bond acceptors (Lipinski definition) is 3. The third kappa shape index (κ3) is 2.83. The number of para-hydroxylation sites is 1. The van der Waals surface area contributed by atoms with Crippen LogP contribution < -0.4 is 10.2 Å². The zero-order valence-electron chi connectivity index (χ0n) is 12.7. The Balaban J connectivity index is 1.96. The van der Waals surface area contributed by atoms with Gasteiger partial charge in [0.15, 0.2) is 0 Å². The second-order valence-electron chi connectivity index (χ2n) is 6.08. The molecule has 2 aliphatic rings. The molecule has 0 spiro atoms. The topological polar surface area (TPSA) is 52.7 Å². The molecule has 1 saturated heterocycles. The summed E-state index contributed by atoms with van der Waals surface area (Å²) in [5, 5.41) is 2.31. The lowest BCUT2D eigenvalue weighted by Crippen LogP contribution is -2.48. The van der Waals surface area contributed by atoms with Gasteiger partial charge in [-0.25, -0.2) is 4.39 Å². The molecule has 3 rings (SSSR count). The number of nitrogens with zero attached hydrogens (tertiary/aromatic N) is 2. The van der Waals surface area contributed by atoms with Crippen LogP contribution in [0.1, 0.15) is 0 Å². The second-order valence-corrected chi connectivity index (χ2v) is 6.08. The van der Waals surface area contributed by atoms with Crippen LogP contribution in [0.3, 0.4) is 0 Å². The molecule has 9 heteroatoms. The number of carbonyl (C=O) groups excluding carboxylic acids is 2. The van der Waals surface area contributed by atoms with Crippen molar-refractivity contribution in [3.05, 3.63) is 24.0 Å². The predicted molar refractivity (Wildman–Crippen MR) is 77.9 cm³/mol. The van der Waals surface area contributed by atoms with E-state index >= 15 is 0 Å². The van der Waals surface area contributed by atoms with Gasteiger partial charge in [-0.1, -0.05) is 6.07 Å². The summed E-state index contributed by atoms with van der Waals surface area (Å²) >= 11 is 0. The molecule has 0 aromatic heterocycles. The Bertz CT molecular complexity index is 692. The number of nitrogens with one attached hydrogen (secondary N) is 1. The van der Waals surface area contributed by atoms with Crippen LogP contribution in [0.2, 0.25) is 0 Å². The van der Waals surface area contributed by atoms with Gasteiger partial charge in [0.1, 0.15) is 18.0 Å². The summed E-state index contributed by atoms with van der Waals surface area (Å²) in [6, 6.07) is 3.85. The second kappa shape index (κ2) is 5.73. The van der Waals surface area contributed by atoms with Crippen LogP contribution in [0.4, 0.5) is 28.9 Å². The first-order valence-corrected chi connectivity index (χ1v) is 7.33. The van der Waals surface area contributed by atoms with Gasteiger partial charge in [-0.3, -0.25) is 9.59 Å². The summed E-state index contributed by atoms with van der Waals surface area (Å²) in [6.07, 6.45) is -4.52. The molecule has 1 fully saturated rings. The number of benzene rings is 1. The minimum atomic E-state index is -4.52. The summed E-state index contributed by atoms with van der Waals surface area (Å²) in [7, 11) is 1.50. The highest BCUT2D eigenvalue weighted by Gasteiger charge is 2.53. The van der Waals surface area contributed by atoms with E-state index in [1.165, 1.54) is 24.1 Å². The Labute approximate surface area is 135 Å². The Hall–Kier alpha value is -2.16. The lowest BCUT2D eigenvalue weighted by Gasteiger charge is -2.32. The van der Waals surface area contributed by atoms with Crippen molar-refractivity contribution < 1.29 is 27.2 Å². The first-order valence-electron chi connectivity index (χ1n) is 7.33. The molecule has 0 saturated carbocycles. The van der Waals surface area contributed by atoms with Gasteiger partial charge >= 0.3 is 6.18 Å². The smallest absolute Gasteiger partial charge is 0.320 e. The van der Waals surface area contributed by atoms with Gasteiger partial charge in [0.05, 0.1) is 17.5 Å². The number of likely N-dealkylation sites (tertiary alicyclic amines) is 1. The van der Waals surface area contributed by atoms with E-state index in [2.05, 4.69) is 5.32 Å². The first kappa shape index (κ1) is 16.7. The molecular formula is C15H15F4N3O2. The highest BCUT2D eigenvalue weighted by molar-refractivity contribution is 6.10. The SMILES string of the molecule is CN1C[C@@H](C(F)(F)F)[C@H](C(=O)N2CC(=O)Nc3c(F)cccc32)C1. The third-order valence-corrected chi connectivity index (χ3v) is 4.35. The van der Waals surface area contributed by atoms with Gasteiger partial charge in [0, 0.05) is 13.1 Å². The number of alkyl halides is 3. The van der Waals surface area contributed by atoms with Crippen LogP contribution in [0.25, 0.3) is 0 Å². The maximum Gasteiger partial charge on any atom is 0.393 e. The Morgan fingerprint density at radius 3 is 2.67 bits per heavy atom. The van der Waals surface area contributed by atoms with Gasteiger partial charge in [0.2, 0.25) is 11.8 Å². The van der Waals surface area contributed by atoms with Gasteiger partial charge < -0.3 is 15.1 Å². The van der Waals surface area contributed by atoms with E-state index in [0.717, 1.165) is 11.0 Å². The molecule has 24 heavy (non-hydrogen) atoms. The number of fused-ring (bicyclic) bond motifs is 1. The number of halogens is 4. The fourth-order valence-corrected chi connectivity index (χ4v) is 3.25. The van der Waals surface area contributed by atoms with Crippen LogP contribution in [-0.4, -0.2) is 49.6 Å². The van der Waals surface area contributed by atoms with E-state index in [0.29, 0.717) is 0 Å². The van der Waals surface area contributed by atoms with Crippen molar-refractivity contribution in [2.75, 3.05) is 36.9 Å². The van der Waals surface area contributed by atoms with E-state index in [9.17, 15) is 27.2 Å². The summed E-state index contributed by atoms with van der Waals surface area (Å²) in [5.74, 6) is -5.33. The molecule has 5 nitrogen and oxygen atoms in total. The van der Waals surface area contributed by atoms with Crippen molar-refractivity contribution in [3.8, 4) is 0 Å². The van der Waals surface area contributed by atoms with E-state index in [1.54, 1.807) is 0 Å². The highest BCUT2D eigenvalue weighted by atomic mass is 19.4. The molecule has 1 aromatic rings. The molecule has 0 unspecified atom stereocenters. The highest BCUT2D eigenvalue weighted by Crippen LogP contribution is 2.40. The minimum Gasteiger partial charge on any atom is -0.320 e. The largest absolute Gasteiger partial charge is 0.393 e. The van der Waals surface area contributed by atoms with Crippen LogP contribution in [-0.2, 0) is 9.59 Å². The molecule has 2 heterocycles. The van der Waals surface area contributed by atoms with Crippen molar-refractivity contribution in [1.29, 1.82) is 0 Å². The molecule has 2 amide bonds. The van der Waals surface area contributed by atoms with Crippen LogP contribution in [0.5, 0.6) is 0 Å².